The van der Waals surface area contributed by atoms with Gasteiger partial charge < -0.3 is 18.9 Å². The number of unbranched alkanes of at least 4 members (excludes halogenated alkanes) is 2. The zero-order chi connectivity index (χ0) is 28.7. The van der Waals surface area contributed by atoms with E-state index in [4.69, 9.17) is 18.9 Å². The first-order valence-corrected chi connectivity index (χ1v) is 15.4. The molecule has 0 aliphatic heterocycles. The van der Waals surface area contributed by atoms with Crippen molar-refractivity contribution in [2.24, 2.45) is 11.8 Å². The average molecular weight is 567 g/mol. The Morgan fingerprint density at radius 3 is 1.35 bits per heavy atom. The molecule has 0 spiro atoms. The van der Waals surface area contributed by atoms with Crippen molar-refractivity contribution in [2.75, 3.05) is 13.2 Å². The minimum atomic E-state index is -1.51. The molecule has 0 N–H and O–H groups in total. The van der Waals surface area contributed by atoms with Crippen LogP contribution in [0.3, 0.4) is 0 Å². The van der Waals surface area contributed by atoms with Crippen LogP contribution in [0, 0.1) is 11.8 Å². The molecule has 0 heterocycles. The standard InChI is InChI=1S/C32H48F2O6/c1-3-5-7-29(33)31(35)39-27-13-9-23(10-14-27)21-37-25-17-19-26(20-18-25)38-22-24-11-15-28(16-12-24)40-32(36)30(34)8-6-4-2/h17-20,23-24,27-30H,3-16,21-22H2,1-2H3/t23-,24-,27-,28-,29-,30-/m1/s1. The van der Waals surface area contributed by atoms with Gasteiger partial charge in [0, 0.05) is 0 Å². The number of ether oxygens (including phenoxy) is 4. The van der Waals surface area contributed by atoms with E-state index in [9.17, 15) is 18.4 Å². The second-order valence-electron chi connectivity index (χ2n) is 11.5. The van der Waals surface area contributed by atoms with Crippen molar-refractivity contribution in [3.63, 3.8) is 0 Å². The molecule has 0 saturated heterocycles. The second kappa shape index (κ2) is 17.4. The zero-order valence-corrected chi connectivity index (χ0v) is 24.3. The summed E-state index contributed by atoms with van der Waals surface area (Å²) in [6.07, 6.45) is 6.71. The summed E-state index contributed by atoms with van der Waals surface area (Å²) in [5, 5.41) is 0. The Bertz CT molecular complexity index is 792. The van der Waals surface area contributed by atoms with Crippen molar-refractivity contribution in [1.82, 2.24) is 0 Å². The van der Waals surface area contributed by atoms with E-state index in [1.54, 1.807) is 0 Å². The molecule has 2 aliphatic rings. The van der Waals surface area contributed by atoms with Crippen LogP contribution in [0.5, 0.6) is 11.5 Å². The highest BCUT2D eigenvalue weighted by atomic mass is 19.1. The van der Waals surface area contributed by atoms with Gasteiger partial charge in [-0.15, -0.1) is 0 Å². The largest absolute Gasteiger partial charge is 0.493 e. The zero-order valence-electron chi connectivity index (χ0n) is 24.3. The molecule has 1 aromatic carbocycles. The van der Waals surface area contributed by atoms with E-state index in [1.165, 1.54) is 0 Å². The minimum Gasteiger partial charge on any atom is -0.493 e. The highest BCUT2D eigenvalue weighted by Crippen LogP contribution is 2.30. The van der Waals surface area contributed by atoms with Gasteiger partial charge >= 0.3 is 11.9 Å². The molecule has 0 amide bonds. The fraction of sp³-hybridized carbons (Fsp3) is 0.750. The van der Waals surface area contributed by atoms with Crippen LogP contribution in [-0.2, 0) is 19.1 Å². The summed E-state index contributed by atoms with van der Waals surface area (Å²) in [4.78, 5) is 23.8. The van der Waals surface area contributed by atoms with Gasteiger partial charge in [-0.2, -0.15) is 0 Å². The highest BCUT2D eigenvalue weighted by molar-refractivity contribution is 5.75. The van der Waals surface area contributed by atoms with E-state index in [2.05, 4.69) is 0 Å². The summed E-state index contributed by atoms with van der Waals surface area (Å²) < 4.78 is 50.5. The Morgan fingerprint density at radius 2 is 1.02 bits per heavy atom. The third kappa shape index (κ3) is 11.2. The molecule has 8 heteroatoms. The average Bonchev–Trinajstić information content (AvgIpc) is 2.98. The molecule has 2 aliphatic carbocycles. The summed E-state index contributed by atoms with van der Waals surface area (Å²) in [6.45, 7) is 5.14. The van der Waals surface area contributed by atoms with Gasteiger partial charge in [-0.1, -0.05) is 39.5 Å². The van der Waals surface area contributed by atoms with E-state index >= 15 is 0 Å². The highest BCUT2D eigenvalue weighted by Gasteiger charge is 2.29. The first-order chi connectivity index (χ1) is 19.4. The van der Waals surface area contributed by atoms with Crippen LogP contribution in [0.4, 0.5) is 8.78 Å². The monoisotopic (exact) mass is 566 g/mol. The number of alkyl halides is 2. The van der Waals surface area contributed by atoms with Crippen molar-refractivity contribution in [3.8, 4) is 11.5 Å². The normalized spacial score (nSPS) is 24.5. The third-order valence-corrected chi connectivity index (χ3v) is 8.08. The van der Waals surface area contributed by atoms with Crippen LogP contribution in [0.15, 0.2) is 24.3 Å². The van der Waals surface area contributed by atoms with Gasteiger partial charge in [-0.05, 0) is 100 Å². The second-order valence-corrected chi connectivity index (χ2v) is 11.5. The van der Waals surface area contributed by atoms with E-state index in [1.807, 2.05) is 38.1 Å². The van der Waals surface area contributed by atoms with E-state index in [0.29, 0.717) is 37.9 Å². The molecule has 40 heavy (non-hydrogen) atoms. The number of halogens is 2. The van der Waals surface area contributed by atoms with Crippen molar-refractivity contribution in [3.05, 3.63) is 24.3 Å². The molecule has 0 radical (unpaired) electrons. The van der Waals surface area contributed by atoms with E-state index in [0.717, 1.165) is 75.7 Å². The van der Waals surface area contributed by atoms with Crippen LogP contribution >= 0.6 is 0 Å². The minimum absolute atomic E-state index is 0.192. The van der Waals surface area contributed by atoms with Gasteiger partial charge in [0.05, 0.1) is 13.2 Å². The van der Waals surface area contributed by atoms with E-state index in [-0.39, 0.29) is 25.0 Å². The van der Waals surface area contributed by atoms with Crippen LogP contribution in [-0.4, -0.2) is 49.7 Å². The molecule has 0 aromatic heterocycles. The topological polar surface area (TPSA) is 71.1 Å². The van der Waals surface area contributed by atoms with Gasteiger partial charge in [0.1, 0.15) is 23.7 Å². The summed E-state index contributed by atoms with van der Waals surface area (Å²) in [6, 6.07) is 7.62. The lowest BCUT2D eigenvalue weighted by Gasteiger charge is -2.29. The smallest absolute Gasteiger partial charge is 0.340 e. The number of carbonyl (C=O) groups excluding carboxylic acids is 2. The first-order valence-electron chi connectivity index (χ1n) is 15.4. The number of hydrogen-bond acceptors (Lipinski definition) is 6. The molecular formula is C32H48F2O6. The Balaban J connectivity index is 1.27. The maximum absolute atomic E-state index is 13.9. The molecule has 1 aromatic rings. The predicted molar refractivity (Wildman–Crippen MR) is 150 cm³/mol. The van der Waals surface area contributed by atoms with Crippen LogP contribution in [0.25, 0.3) is 0 Å². The van der Waals surface area contributed by atoms with Crippen LogP contribution < -0.4 is 9.47 Å². The molecule has 0 bridgehead atoms. The first kappa shape index (κ1) is 32.1. The van der Waals surface area contributed by atoms with Crippen LogP contribution in [0.2, 0.25) is 0 Å². The van der Waals surface area contributed by atoms with Crippen LogP contribution in [0.1, 0.15) is 104 Å². The Morgan fingerprint density at radius 1 is 0.675 bits per heavy atom. The third-order valence-electron chi connectivity index (χ3n) is 8.08. The van der Waals surface area contributed by atoms with Gasteiger partial charge in [0.25, 0.3) is 0 Å². The summed E-state index contributed by atoms with van der Waals surface area (Å²) in [5.74, 6) is 0.910. The van der Waals surface area contributed by atoms with Crippen molar-refractivity contribution >= 4 is 11.9 Å². The summed E-state index contributed by atoms with van der Waals surface area (Å²) in [7, 11) is 0. The molecule has 2 atom stereocenters. The molecule has 0 unspecified atom stereocenters. The maximum Gasteiger partial charge on any atom is 0.340 e. The number of benzene rings is 1. The Kier molecular flexibility index (Phi) is 14.0. The summed E-state index contributed by atoms with van der Waals surface area (Å²) in [5.41, 5.74) is 0. The fourth-order valence-corrected chi connectivity index (χ4v) is 5.37. The number of esters is 2. The fourth-order valence-electron chi connectivity index (χ4n) is 5.37. The molecule has 226 valence electrons. The van der Waals surface area contributed by atoms with Gasteiger partial charge in [0.2, 0.25) is 0 Å². The lowest BCUT2D eigenvalue weighted by atomic mass is 9.88. The molecule has 2 saturated carbocycles. The van der Waals surface area contributed by atoms with Crippen molar-refractivity contribution < 1.29 is 37.3 Å². The maximum atomic E-state index is 13.9. The Hall–Kier alpha value is -2.38. The molecular weight excluding hydrogens is 518 g/mol. The number of rotatable bonds is 16. The molecule has 2 fully saturated rings. The number of carbonyl (C=O) groups is 2. The lowest BCUT2D eigenvalue weighted by Crippen LogP contribution is -2.30. The van der Waals surface area contributed by atoms with Crippen molar-refractivity contribution in [1.29, 1.82) is 0 Å². The van der Waals surface area contributed by atoms with Crippen molar-refractivity contribution in [2.45, 2.75) is 128 Å². The molecule has 6 nitrogen and oxygen atoms in total. The summed E-state index contributed by atoms with van der Waals surface area (Å²) >= 11 is 0. The SMILES string of the molecule is CCCC[C@@H](F)C(=O)O[C@H]1CC[C@H](COc2ccc(OC[C@H]3CC[C@H](OC(=O)[C@H](F)CCCC)CC3)cc2)CC1. The predicted octanol–water partition coefficient (Wildman–Crippen LogP) is 7.70. The lowest BCUT2D eigenvalue weighted by molar-refractivity contribution is -0.158. The number of hydrogen-bond donors (Lipinski definition) is 0. The van der Waals surface area contributed by atoms with E-state index < -0.39 is 24.3 Å². The molecule has 3 rings (SSSR count). The quantitative estimate of drug-likeness (QED) is 0.191. The van der Waals surface area contributed by atoms with Gasteiger partial charge in [-0.3, -0.25) is 0 Å². The van der Waals surface area contributed by atoms with Gasteiger partial charge in [0.15, 0.2) is 12.3 Å². The Labute approximate surface area is 238 Å². The van der Waals surface area contributed by atoms with Gasteiger partial charge in [-0.25, -0.2) is 18.4 Å².